The first-order valence-corrected chi connectivity index (χ1v) is 28.5. The van der Waals surface area contributed by atoms with E-state index in [1.165, 1.54) is 64.2 Å². The zero-order valence-electron chi connectivity index (χ0n) is 45.2. The minimum Gasteiger partial charge on any atom is -0.462 e. The third-order valence-electron chi connectivity index (χ3n) is 11.7. The molecular formula is C64H104O6. The van der Waals surface area contributed by atoms with Crippen LogP contribution in [-0.2, 0) is 28.6 Å². The number of ether oxygens (including phenoxy) is 3. The third-order valence-corrected chi connectivity index (χ3v) is 11.7. The fourth-order valence-corrected chi connectivity index (χ4v) is 7.47. The highest BCUT2D eigenvalue weighted by molar-refractivity contribution is 5.71. The van der Waals surface area contributed by atoms with Crippen LogP contribution in [0.25, 0.3) is 0 Å². The maximum atomic E-state index is 12.7. The Bertz CT molecular complexity index is 1490. The van der Waals surface area contributed by atoms with Crippen molar-refractivity contribution in [1.82, 2.24) is 0 Å². The molecule has 0 aromatic heterocycles. The molecule has 396 valence electrons. The van der Waals surface area contributed by atoms with Crippen molar-refractivity contribution in [3.63, 3.8) is 0 Å². The average molecular weight is 970 g/mol. The average Bonchev–Trinajstić information content (AvgIpc) is 3.36. The molecule has 0 radical (unpaired) electrons. The molecule has 0 aliphatic rings. The summed E-state index contributed by atoms with van der Waals surface area (Å²) in [5.41, 5.74) is 0. The number of hydrogen-bond donors (Lipinski definition) is 0. The van der Waals surface area contributed by atoms with E-state index in [1.807, 2.05) is 0 Å². The Labute approximate surface area is 431 Å². The SMILES string of the molecule is CC/C=C\C/C=C\C/C=C\C/C=C\C/C=C\C/C=C\C/C=C\C/C=C\C/C=C\C/C=C\CCCCCCC(=O)OCC(COC(=O)CCCCCCC)OC(=O)CCCCCCCCCCCCCC. The van der Waals surface area contributed by atoms with Gasteiger partial charge in [0, 0.05) is 19.3 Å². The summed E-state index contributed by atoms with van der Waals surface area (Å²) in [5, 5.41) is 0. The van der Waals surface area contributed by atoms with Crippen LogP contribution in [-0.4, -0.2) is 37.2 Å². The van der Waals surface area contributed by atoms with Crippen molar-refractivity contribution < 1.29 is 28.6 Å². The standard InChI is InChI=1S/C64H104O6/c1-4-7-10-13-15-17-19-21-22-23-24-25-26-27-28-29-30-31-32-33-34-35-36-37-38-39-40-41-42-43-45-46-48-51-54-57-63(66)69-60-61(59-68-62(65)56-53-50-12-9-6-3)70-64(67)58-55-52-49-47-44-20-18-16-14-11-8-5-2/h7,10,15,17,21-22,24-25,27-28,30-31,33-34,36-37,39-40,42-43,61H,4-6,8-9,11-14,16,18-20,23,26,29,32,35,38,41,44-60H2,1-3H3/b10-7-,17-15-,22-21-,25-24-,28-27-,31-30-,34-33-,37-36-,40-39-,43-42-. The molecule has 0 aliphatic carbocycles. The summed E-state index contributed by atoms with van der Waals surface area (Å²) in [7, 11) is 0. The van der Waals surface area contributed by atoms with Gasteiger partial charge < -0.3 is 14.2 Å². The van der Waals surface area contributed by atoms with Gasteiger partial charge >= 0.3 is 17.9 Å². The molecule has 6 heteroatoms. The van der Waals surface area contributed by atoms with Crippen LogP contribution in [0.4, 0.5) is 0 Å². The predicted octanol–water partition coefficient (Wildman–Crippen LogP) is 19.3. The van der Waals surface area contributed by atoms with Crippen LogP contribution in [0, 0.1) is 0 Å². The molecule has 0 N–H and O–H groups in total. The minimum absolute atomic E-state index is 0.0866. The normalized spacial score (nSPS) is 13.0. The lowest BCUT2D eigenvalue weighted by Crippen LogP contribution is -2.30. The largest absolute Gasteiger partial charge is 0.462 e. The quantitative estimate of drug-likeness (QED) is 0.0262. The number of esters is 3. The molecule has 0 aliphatic heterocycles. The molecular weight excluding hydrogens is 865 g/mol. The predicted molar refractivity (Wildman–Crippen MR) is 302 cm³/mol. The van der Waals surface area contributed by atoms with Crippen molar-refractivity contribution in [2.45, 2.75) is 252 Å². The Morgan fingerprint density at radius 2 is 0.557 bits per heavy atom. The molecule has 70 heavy (non-hydrogen) atoms. The highest BCUT2D eigenvalue weighted by Gasteiger charge is 2.19. The smallest absolute Gasteiger partial charge is 0.306 e. The van der Waals surface area contributed by atoms with Crippen molar-refractivity contribution in [2.75, 3.05) is 13.2 Å². The van der Waals surface area contributed by atoms with E-state index in [0.717, 1.165) is 141 Å². The van der Waals surface area contributed by atoms with Crippen molar-refractivity contribution in [3.8, 4) is 0 Å². The van der Waals surface area contributed by atoms with Gasteiger partial charge in [-0.05, 0) is 96.3 Å². The molecule has 1 unspecified atom stereocenters. The van der Waals surface area contributed by atoms with Crippen LogP contribution in [0.15, 0.2) is 122 Å². The van der Waals surface area contributed by atoms with E-state index >= 15 is 0 Å². The second-order valence-electron chi connectivity index (χ2n) is 18.5. The number of unbranched alkanes of at least 4 members (excludes halogenated alkanes) is 19. The van der Waals surface area contributed by atoms with Crippen molar-refractivity contribution in [3.05, 3.63) is 122 Å². The van der Waals surface area contributed by atoms with E-state index in [-0.39, 0.29) is 31.1 Å². The number of rotatable bonds is 50. The van der Waals surface area contributed by atoms with Gasteiger partial charge in [-0.15, -0.1) is 0 Å². The zero-order valence-corrected chi connectivity index (χ0v) is 45.2. The van der Waals surface area contributed by atoms with Gasteiger partial charge in [-0.3, -0.25) is 14.4 Å². The van der Waals surface area contributed by atoms with Crippen LogP contribution >= 0.6 is 0 Å². The summed E-state index contributed by atoms with van der Waals surface area (Å²) in [6.45, 7) is 6.40. The lowest BCUT2D eigenvalue weighted by Gasteiger charge is -2.18. The Morgan fingerprint density at radius 1 is 0.300 bits per heavy atom. The molecule has 0 rings (SSSR count). The Morgan fingerprint density at radius 3 is 0.871 bits per heavy atom. The molecule has 6 nitrogen and oxygen atoms in total. The van der Waals surface area contributed by atoms with E-state index in [9.17, 15) is 14.4 Å². The van der Waals surface area contributed by atoms with E-state index in [0.29, 0.717) is 19.3 Å². The molecule has 0 saturated heterocycles. The van der Waals surface area contributed by atoms with Crippen LogP contribution < -0.4 is 0 Å². The van der Waals surface area contributed by atoms with Crippen LogP contribution in [0.2, 0.25) is 0 Å². The fourth-order valence-electron chi connectivity index (χ4n) is 7.47. The lowest BCUT2D eigenvalue weighted by atomic mass is 10.0. The van der Waals surface area contributed by atoms with E-state index in [1.54, 1.807) is 0 Å². The second-order valence-corrected chi connectivity index (χ2v) is 18.5. The Hall–Kier alpha value is -4.19. The van der Waals surface area contributed by atoms with Gasteiger partial charge in [0.25, 0.3) is 0 Å². The van der Waals surface area contributed by atoms with Gasteiger partial charge in [-0.25, -0.2) is 0 Å². The Kier molecular flexibility index (Phi) is 54.0. The zero-order chi connectivity index (χ0) is 50.7. The van der Waals surface area contributed by atoms with E-state index in [4.69, 9.17) is 14.2 Å². The van der Waals surface area contributed by atoms with Gasteiger partial charge in [0.1, 0.15) is 13.2 Å². The Balaban J connectivity index is 4.10. The summed E-state index contributed by atoms with van der Waals surface area (Å²) in [4.78, 5) is 37.7. The first-order valence-electron chi connectivity index (χ1n) is 28.5. The maximum Gasteiger partial charge on any atom is 0.306 e. The van der Waals surface area contributed by atoms with Crippen LogP contribution in [0.3, 0.4) is 0 Å². The summed E-state index contributed by atoms with van der Waals surface area (Å²) in [6, 6.07) is 0. The van der Waals surface area contributed by atoms with Gasteiger partial charge in [-0.1, -0.05) is 251 Å². The highest BCUT2D eigenvalue weighted by Crippen LogP contribution is 2.14. The van der Waals surface area contributed by atoms with E-state index < -0.39 is 6.10 Å². The van der Waals surface area contributed by atoms with Crippen LogP contribution in [0.5, 0.6) is 0 Å². The molecule has 0 bridgehead atoms. The first-order chi connectivity index (χ1) is 34.5. The molecule has 0 aromatic rings. The van der Waals surface area contributed by atoms with E-state index in [2.05, 4.69) is 142 Å². The van der Waals surface area contributed by atoms with Crippen molar-refractivity contribution >= 4 is 17.9 Å². The van der Waals surface area contributed by atoms with Gasteiger partial charge in [0.15, 0.2) is 6.10 Å². The molecule has 0 spiro atoms. The molecule has 0 heterocycles. The summed E-state index contributed by atoms with van der Waals surface area (Å²) in [5.74, 6) is -0.930. The number of allylic oxidation sites excluding steroid dienone is 20. The molecule has 0 aromatic carbocycles. The molecule has 0 amide bonds. The van der Waals surface area contributed by atoms with Crippen molar-refractivity contribution in [1.29, 1.82) is 0 Å². The van der Waals surface area contributed by atoms with Gasteiger partial charge in [0.05, 0.1) is 0 Å². The highest BCUT2D eigenvalue weighted by atomic mass is 16.6. The molecule has 1 atom stereocenters. The number of hydrogen-bond acceptors (Lipinski definition) is 6. The minimum atomic E-state index is -0.783. The molecule has 0 fully saturated rings. The van der Waals surface area contributed by atoms with Crippen molar-refractivity contribution in [2.24, 2.45) is 0 Å². The number of carbonyl (C=O) groups excluding carboxylic acids is 3. The second kappa shape index (κ2) is 57.4. The topological polar surface area (TPSA) is 78.9 Å². The summed E-state index contributed by atoms with van der Waals surface area (Å²) in [6.07, 6.45) is 79.6. The summed E-state index contributed by atoms with van der Waals surface area (Å²) >= 11 is 0. The van der Waals surface area contributed by atoms with Crippen LogP contribution in [0.1, 0.15) is 245 Å². The first kappa shape index (κ1) is 65.8. The maximum absolute atomic E-state index is 12.7. The third kappa shape index (κ3) is 54.7. The monoisotopic (exact) mass is 969 g/mol. The molecule has 0 saturated carbocycles. The summed E-state index contributed by atoms with van der Waals surface area (Å²) < 4.78 is 16.6. The number of carbonyl (C=O) groups is 3. The lowest BCUT2D eigenvalue weighted by molar-refractivity contribution is -0.167. The van der Waals surface area contributed by atoms with Gasteiger partial charge in [-0.2, -0.15) is 0 Å². The fraction of sp³-hybridized carbons (Fsp3) is 0.641. The van der Waals surface area contributed by atoms with Gasteiger partial charge in [0.2, 0.25) is 0 Å².